The lowest BCUT2D eigenvalue weighted by Crippen LogP contribution is -2.35. The molecule has 1 unspecified atom stereocenters. The van der Waals surface area contributed by atoms with Gasteiger partial charge in [-0.2, -0.15) is 5.10 Å². The summed E-state index contributed by atoms with van der Waals surface area (Å²) >= 11 is 0. The highest BCUT2D eigenvalue weighted by atomic mass is 19.3. The molecule has 24 heavy (non-hydrogen) atoms. The zero-order chi connectivity index (χ0) is 17.5. The molecule has 128 valence electrons. The molecule has 1 saturated heterocycles. The van der Waals surface area contributed by atoms with Crippen LogP contribution in [-0.4, -0.2) is 34.2 Å². The summed E-state index contributed by atoms with van der Waals surface area (Å²) in [6, 6.07) is 5.16. The average Bonchev–Trinajstić information content (AvgIpc) is 3.05. The lowest BCUT2D eigenvalue weighted by Gasteiger charge is -2.12. The van der Waals surface area contributed by atoms with Gasteiger partial charge >= 0.3 is 0 Å². The first kappa shape index (κ1) is 16.6. The highest BCUT2D eigenvalue weighted by Crippen LogP contribution is 2.27. The van der Waals surface area contributed by atoms with Crippen LogP contribution in [0.15, 0.2) is 24.4 Å². The number of aryl methyl sites for hydroxylation is 2. The maximum absolute atomic E-state index is 13.2. The highest BCUT2D eigenvalue weighted by molar-refractivity contribution is 5.95. The van der Waals surface area contributed by atoms with E-state index in [1.165, 1.54) is 0 Å². The van der Waals surface area contributed by atoms with E-state index in [0.29, 0.717) is 5.69 Å². The van der Waals surface area contributed by atoms with Gasteiger partial charge in [0.05, 0.1) is 35.9 Å². The molecule has 0 saturated carbocycles. The molecule has 1 aromatic carbocycles. The number of rotatable bonds is 3. The van der Waals surface area contributed by atoms with Crippen LogP contribution in [0.3, 0.4) is 0 Å². The molecule has 1 aromatic heterocycles. The Kier molecular flexibility index (Phi) is 4.13. The zero-order valence-electron chi connectivity index (χ0n) is 13.9. The SMILES string of the molecule is Cc1ccc(C)c(-n2ncc(NC(=O)C3CC(F)(F)CN3)c2C)c1. The molecule has 1 fully saturated rings. The van der Waals surface area contributed by atoms with Gasteiger partial charge in [0.25, 0.3) is 5.92 Å². The number of carbonyl (C=O) groups is 1. The fourth-order valence-electron chi connectivity index (χ4n) is 2.84. The van der Waals surface area contributed by atoms with Gasteiger partial charge < -0.3 is 5.32 Å². The quantitative estimate of drug-likeness (QED) is 0.907. The molecular weight excluding hydrogens is 314 g/mol. The van der Waals surface area contributed by atoms with Gasteiger partial charge in [-0.05, 0) is 38.0 Å². The van der Waals surface area contributed by atoms with Crippen molar-refractivity contribution in [2.24, 2.45) is 0 Å². The molecule has 2 aromatic rings. The van der Waals surface area contributed by atoms with E-state index in [4.69, 9.17) is 0 Å². The van der Waals surface area contributed by atoms with Crippen molar-refractivity contribution in [2.45, 2.75) is 39.2 Å². The van der Waals surface area contributed by atoms with Gasteiger partial charge in [-0.3, -0.25) is 10.1 Å². The monoisotopic (exact) mass is 334 g/mol. The molecule has 2 heterocycles. The van der Waals surface area contributed by atoms with E-state index >= 15 is 0 Å². The molecule has 0 radical (unpaired) electrons. The Labute approximate surface area is 139 Å². The normalized spacial score (nSPS) is 19.5. The van der Waals surface area contributed by atoms with Crippen molar-refractivity contribution in [3.63, 3.8) is 0 Å². The summed E-state index contributed by atoms with van der Waals surface area (Å²) in [5, 5.41) is 9.58. The number of nitrogens with one attached hydrogen (secondary N) is 2. The second-order valence-electron chi connectivity index (χ2n) is 6.33. The molecule has 3 rings (SSSR count). The molecule has 5 nitrogen and oxygen atoms in total. The number of anilines is 1. The second-order valence-corrected chi connectivity index (χ2v) is 6.33. The van der Waals surface area contributed by atoms with Crippen molar-refractivity contribution in [3.8, 4) is 5.69 Å². The third-order valence-electron chi connectivity index (χ3n) is 4.29. The topological polar surface area (TPSA) is 59.0 Å². The van der Waals surface area contributed by atoms with Crippen molar-refractivity contribution in [3.05, 3.63) is 41.2 Å². The first-order valence-corrected chi connectivity index (χ1v) is 7.81. The lowest BCUT2D eigenvalue weighted by atomic mass is 10.1. The molecule has 7 heteroatoms. The third-order valence-corrected chi connectivity index (χ3v) is 4.29. The summed E-state index contributed by atoms with van der Waals surface area (Å²) in [4.78, 5) is 12.2. The van der Waals surface area contributed by atoms with Gasteiger partial charge in [0, 0.05) is 6.42 Å². The van der Waals surface area contributed by atoms with Crippen LogP contribution in [0.4, 0.5) is 14.5 Å². The minimum absolute atomic E-state index is 0.462. The predicted octanol–water partition coefficient (Wildman–Crippen LogP) is 2.73. The minimum atomic E-state index is -2.83. The predicted molar refractivity (Wildman–Crippen MR) is 87.8 cm³/mol. The molecule has 0 bridgehead atoms. The first-order chi connectivity index (χ1) is 11.3. The Hall–Kier alpha value is -2.28. The van der Waals surface area contributed by atoms with Crippen LogP contribution >= 0.6 is 0 Å². The molecular formula is C17H20F2N4O. The number of amides is 1. The van der Waals surface area contributed by atoms with Crippen LogP contribution in [-0.2, 0) is 4.79 Å². The van der Waals surface area contributed by atoms with Crippen molar-refractivity contribution in [1.82, 2.24) is 15.1 Å². The molecule has 2 N–H and O–H groups in total. The summed E-state index contributed by atoms with van der Waals surface area (Å²) < 4.78 is 28.2. The Morgan fingerprint density at radius 3 is 2.79 bits per heavy atom. The van der Waals surface area contributed by atoms with Crippen molar-refractivity contribution in [1.29, 1.82) is 0 Å². The summed E-state index contributed by atoms with van der Waals surface area (Å²) in [6.45, 7) is 5.35. The molecule has 0 aliphatic carbocycles. The van der Waals surface area contributed by atoms with Crippen LogP contribution in [0.1, 0.15) is 23.2 Å². The third kappa shape index (κ3) is 3.17. The van der Waals surface area contributed by atoms with Crippen molar-refractivity contribution in [2.75, 3.05) is 11.9 Å². The van der Waals surface area contributed by atoms with Crippen molar-refractivity contribution >= 4 is 11.6 Å². The summed E-state index contributed by atoms with van der Waals surface area (Å²) in [7, 11) is 0. The lowest BCUT2D eigenvalue weighted by molar-refractivity contribution is -0.118. The van der Waals surface area contributed by atoms with E-state index in [0.717, 1.165) is 22.5 Å². The van der Waals surface area contributed by atoms with E-state index in [1.54, 1.807) is 10.9 Å². The number of alkyl halides is 2. The number of benzene rings is 1. The second kappa shape index (κ2) is 5.98. The minimum Gasteiger partial charge on any atom is -0.322 e. The molecule has 0 spiro atoms. The van der Waals surface area contributed by atoms with E-state index < -0.39 is 30.8 Å². The van der Waals surface area contributed by atoms with Gasteiger partial charge in [-0.1, -0.05) is 12.1 Å². The summed E-state index contributed by atoms with van der Waals surface area (Å²) in [6.07, 6.45) is 1.06. The summed E-state index contributed by atoms with van der Waals surface area (Å²) in [5.41, 5.74) is 4.37. The number of hydrogen-bond acceptors (Lipinski definition) is 3. The number of hydrogen-bond donors (Lipinski definition) is 2. The summed E-state index contributed by atoms with van der Waals surface area (Å²) in [5.74, 6) is -3.30. The Balaban J connectivity index is 1.81. The average molecular weight is 334 g/mol. The Morgan fingerprint density at radius 1 is 1.38 bits per heavy atom. The first-order valence-electron chi connectivity index (χ1n) is 7.81. The van der Waals surface area contributed by atoms with Crippen LogP contribution < -0.4 is 10.6 Å². The maximum Gasteiger partial charge on any atom is 0.262 e. The fraction of sp³-hybridized carbons (Fsp3) is 0.412. The zero-order valence-corrected chi connectivity index (χ0v) is 13.9. The van der Waals surface area contributed by atoms with Gasteiger partial charge in [0.1, 0.15) is 0 Å². The fourth-order valence-corrected chi connectivity index (χ4v) is 2.84. The Bertz CT molecular complexity index is 785. The van der Waals surface area contributed by atoms with Crippen LogP contribution in [0.25, 0.3) is 5.69 Å². The number of aromatic nitrogens is 2. The van der Waals surface area contributed by atoms with Crippen LogP contribution in [0.2, 0.25) is 0 Å². The van der Waals surface area contributed by atoms with E-state index in [-0.39, 0.29) is 0 Å². The van der Waals surface area contributed by atoms with E-state index in [9.17, 15) is 13.6 Å². The van der Waals surface area contributed by atoms with E-state index in [2.05, 4.69) is 15.7 Å². The Morgan fingerprint density at radius 2 is 2.12 bits per heavy atom. The van der Waals surface area contributed by atoms with Crippen LogP contribution in [0, 0.1) is 20.8 Å². The van der Waals surface area contributed by atoms with Gasteiger partial charge in [0.2, 0.25) is 5.91 Å². The van der Waals surface area contributed by atoms with Gasteiger partial charge in [-0.15, -0.1) is 0 Å². The van der Waals surface area contributed by atoms with Gasteiger partial charge in [-0.25, -0.2) is 13.5 Å². The van der Waals surface area contributed by atoms with Crippen LogP contribution in [0.5, 0.6) is 0 Å². The number of carbonyl (C=O) groups excluding carboxylic acids is 1. The largest absolute Gasteiger partial charge is 0.322 e. The van der Waals surface area contributed by atoms with Gasteiger partial charge in [0.15, 0.2) is 0 Å². The van der Waals surface area contributed by atoms with E-state index in [1.807, 2.05) is 39.0 Å². The highest BCUT2D eigenvalue weighted by Gasteiger charge is 2.42. The number of halogens is 2. The molecule has 1 aliphatic heterocycles. The molecule has 1 atom stereocenters. The van der Waals surface area contributed by atoms with Crippen molar-refractivity contribution < 1.29 is 13.6 Å². The number of nitrogens with zero attached hydrogens (tertiary/aromatic N) is 2. The maximum atomic E-state index is 13.2. The standard InChI is InChI=1S/C17H20F2N4O/c1-10-4-5-11(2)15(6-10)23-12(3)14(8-21-23)22-16(24)13-7-17(18,19)9-20-13/h4-6,8,13,20H,7,9H2,1-3H3,(H,22,24). The molecule has 1 aliphatic rings. The smallest absolute Gasteiger partial charge is 0.262 e. The molecule has 1 amide bonds.